The number of aliphatic carboxylic acids is 1. The predicted molar refractivity (Wildman–Crippen MR) is 193 cm³/mol. The number of hydrogen-bond acceptors (Lipinski definition) is 12. The van der Waals surface area contributed by atoms with Crippen molar-refractivity contribution in [1.82, 2.24) is 0 Å². The highest BCUT2D eigenvalue weighted by Crippen LogP contribution is 2.42. The molecule has 53 heavy (non-hydrogen) atoms. The Morgan fingerprint density at radius 3 is 1.92 bits per heavy atom. The zero-order chi connectivity index (χ0) is 39.5. The summed E-state index contributed by atoms with van der Waals surface area (Å²) < 4.78 is 40.1. The van der Waals surface area contributed by atoms with Gasteiger partial charge < -0.3 is 38.3 Å². The molecule has 1 aromatic carbocycles. The van der Waals surface area contributed by atoms with Crippen LogP contribution in [-0.2, 0) is 47.7 Å². The van der Waals surface area contributed by atoms with Crippen molar-refractivity contribution in [3.05, 3.63) is 83.0 Å². The first-order chi connectivity index (χ1) is 24.9. The zero-order valence-electron chi connectivity index (χ0n) is 31.7. The van der Waals surface area contributed by atoms with Crippen LogP contribution in [0.5, 0.6) is 11.5 Å². The Morgan fingerprint density at radius 1 is 0.792 bits per heavy atom. The van der Waals surface area contributed by atoms with Crippen LogP contribution in [0.4, 0.5) is 0 Å². The summed E-state index contributed by atoms with van der Waals surface area (Å²) in [6.07, 6.45) is 5.76. The van der Waals surface area contributed by atoms with Crippen LogP contribution in [0.2, 0.25) is 0 Å². The minimum Gasteiger partial charge on any atom is -0.486 e. The molecule has 1 aliphatic carbocycles. The first-order valence-electron chi connectivity index (χ1n) is 17.3. The molecule has 1 unspecified atom stereocenters. The van der Waals surface area contributed by atoms with Gasteiger partial charge in [0.25, 0.3) is 0 Å². The Bertz CT molecular complexity index is 1660. The van der Waals surface area contributed by atoms with Crippen molar-refractivity contribution in [3.8, 4) is 11.5 Å². The average molecular weight is 739 g/mol. The van der Waals surface area contributed by atoms with E-state index in [1.54, 1.807) is 37.3 Å². The second-order valence-electron chi connectivity index (χ2n) is 13.6. The number of ether oxygens (including phenoxy) is 7. The maximum Gasteiger partial charge on any atom is 0.328 e. The van der Waals surface area contributed by atoms with E-state index >= 15 is 0 Å². The highest BCUT2D eigenvalue weighted by Gasteiger charge is 2.53. The van der Waals surface area contributed by atoms with E-state index in [4.69, 9.17) is 38.3 Å². The third-order valence-corrected chi connectivity index (χ3v) is 8.55. The summed E-state index contributed by atoms with van der Waals surface area (Å²) in [6, 6.07) is 6.74. The molecule has 0 saturated carbocycles. The van der Waals surface area contributed by atoms with Gasteiger partial charge in [0.05, 0.1) is 0 Å². The van der Waals surface area contributed by atoms with E-state index in [1.807, 2.05) is 25.2 Å². The molecule has 1 aliphatic heterocycles. The maximum atomic E-state index is 12.2. The minimum atomic E-state index is -1.36. The number of rotatable bonds is 14. The van der Waals surface area contributed by atoms with E-state index < -0.39 is 60.6 Å². The van der Waals surface area contributed by atoms with Crippen LogP contribution in [-0.4, -0.2) is 78.4 Å². The first-order valence-corrected chi connectivity index (χ1v) is 17.3. The number of carboxylic acids is 1. The van der Waals surface area contributed by atoms with Crippen molar-refractivity contribution in [2.24, 2.45) is 5.41 Å². The Kier molecular flexibility index (Phi) is 15.2. The molecule has 0 aromatic heterocycles. The molecule has 0 spiro atoms. The van der Waals surface area contributed by atoms with Gasteiger partial charge in [0.15, 0.2) is 12.2 Å². The van der Waals surface area contributed by atoms with Crippen LogP contribution in [0.25, 0.3) is 0 Å². The second kappa shape index (κ2) is 19.1. The molecule has 6 atom stereocenters. The van der Waals surface area contributed by atoms with Gasteiger partial charge in [-0.25, -0.2) is 4.79 Å². The zero-order valence-corrected chi connectivity index (χ0v) is 31.7. The molecule has 1 heterocycles. The first kappa shape index (κ1) is 42.2. The number of hydrogen-bond donors (Lipinski definition) is 1. The van der Waals surface area contributed by atoms with E-state index in [2.05, 4.69) is 26.8 Å². The van der Waals surface area contributed by atoms with Gasteiger partial charge in [-0.3, -0.25) is 19.2 Å². The van der Waals surface area contributed by atoms with E-state index in [9.17, 15) is 24.0 Å². The number of benzene rings is 1. The summed E-state index contributed by atoms with van der Waals surface area (Å²) in [5, 5.41) is 8.90. The minimum absolute atomic E-state index is 0.0840. The SMILES string of the molecule is CC(=O)OC[C@H]1O[C@@H](Oc2ccc(OC3CCC(C)(C)C(C=CC(C)=CC=CC(C)=CC(=O)O)=C3C)cc2)[C@H](OC(C)=O)[C@@H](OC(C)=O)[C@@H]1OC(C)=O. The van der Waals surface area contributed by atoms with Crippen molar-refractivity contribution in [2.45, 2.75) is 112 Å². The van der Waals surface area contributed by atoms with Gasteiger partial charge in [-0.2, -0.15) is 0 Å². The van der Waals surface area contributed by atoms with Crippen molar-refractivity contribution >= 4 is 29.8 Å². The van der Waals surface area contributed by atoms with Gasteiger partial charge >= 0.3 is 29.8 Å². The lowest BCUT2D eigenvalue weighted by Gasteiger charge is -2.43. The molecule has 0 radical (unpaired) electrons. The highest BCUT2D eigenvalue weighted by atomic mass is 16.7. The molecule has 3 rings (SSSR count). The quantitative estimate of drug-likeness (QED) is 0.100. The smallest absolute Gasteiger partial charge is 0.328 e. The van der Waals surface area contributed by atoms with Gasteiger partial charge in [-0.05, 0) is 80.0 Å². The lowest BCUT2D eigenvalue weighted by Crippen LogP contribution is -2.63. The van der Waals surface area contributed by atoms with Crippen LogP contribution in [0.15, 0.2) is 83.0 Å². The third kappa shape index (κ3) is 13.1. The molecule has 13 nitrogen and oxygen atoms in total. The molecule has 1 aromatic rings. The second-order valence-corrected chi connectivity index (χ2v) is 13.6. The standard InChI is InChI=1S/C40H50O13/c1-23(11-10-12-24(2)21-35(45)46)13-18-32-25(3)33(19-20-40(32,8)9)51-30-14-16-31(17-15-30)52-39-38(50-29(7)44)37(49-28(6)43)36(48-27(5)42)34(53-39)22-47-26(4)41/h10-18,21,33-34,36-39H,19-20,22H2,1-9H3,(H,45,46)/t33?,34-,36-,37+,38-,39-/m1/s1. The van der Waals surface area contributed by atoms with Crippen molar-refractivity contribution in [2.75, 3.05) is 6.61 Å². The van der Waals surface area contributed by atoms with Crippen molar-refractivity contribution in [3.63, 3.8) is 0 Å². The number of esters is 4. The van der Waals surface area contributed by atoms with Crippen molar-refractivity contribution < 1.29 is 62.2 Å². The van der Waals surface area contributed by atoms with Crippen LogP contribution >= 0.6 is 0 Å². The van der Waals surface area contributed by atoms with Crippen molar-refractivity contribution in [1.29, 1.82) is 0 Å². The molecule has 288 valence electrons. The molecule has 0 bridgehead atoms. The molecule has 2 aliphatic rings. The van der Waals surface area contributed by atoms with Gasteiger partial charge in [0.2, 0.25) is 12.4 Å². The summed E-state index contributed by atoms with van der Waals surface area (Å²) in [6.45, 7) is 14.4. The Morgan fingerprint density at radius 2 is 1.36 bits per heavy atom. The average Bonchev–Trinajstić information content (AvgIpc) is 3.04. The molecule has 1 saturated heterocycles. The molecular weight excluding hydrogens is 688 g/mol. The molecule has 1 fully saturated rings. The van der Waals surface area contributed by atoms with E-state index in [0.29, 0.717) is 17.1 Å². The van der Waals surface area contributed by atoms with Crippen LogP contribution in [0.1, 0.15) is 75.2 Å². The number of carbonyl (C=O) groups is 5. The summed E-state index contributed by atoms with van der Waals surface area (Å²) >= 11 is 0. The molecular formula is C40H50O13. The number of carbonyl (C=O) groups excluding carboxylic acids is 4. The maximum absolute atomic E-state index is 12.2. The summed E-state index contributed by atoms with van der Waals surface area (Å²) in [5.41, 5.74) is 3.81. The van der Waals surface area contributed by atoms with Gasteiger partial charge in [0, 0.05) is 33.8 Å². The third-order valence-electron chi connectivity index (χ3n) is 8.55. The molecule has 0 amide bonds. The van der Waals surface area contributed by atoms with Gasteiger partial charge in [-0.15, -0.1) is 0 Å². The van der Waals surface area contributed by atoms with Crippen LogP contribution in [0, 0.1) is 5.41 Å². The Labute approximate surface area is 310 Å². The fourth-order valence-electron chi connectivity index (χ4n) is 6.10. The summed E-state index contributed by atoms with van der Waals surface area (Å²) in [4.78, 5) is 58.8. The fraction of sp³-hybridized carbons (Fsp3) is 0.475. The highest BCUT2D eigenvalue weighted by molar-refractivity contribution is 5.81. The van der Waals surface area contributed by atoms with Gasteiger partial charge in [0.1, 0.15) is 30.3 Å². The topological polar surface area (TPSA) is 170 Å². The van der Waals surface area contributed by atoms with Gasteiger partial charge in [-0.1, -0.05) is 49.8 Å². The normalized spacial score (nSPS) is 24.8. The summed E-state index contributed by atoms with van der Waals surface area (Å²) in [5.74, 6) is -2.93. The van der Waals surface area contributed by atoms with E-state index in [1.165, 1.54) is 6.92 Å². The fourth-order valence-corrected chi connectivity index (χ4v) is 6.10. The summed E-state index contributed by atoms with van der Waals surface area (Å²) in [7, 11) is 0. The van der Waals surface area contributed by atoms with E-state index in [0.717, 1.165) is 56.4 Å². The molecule has 1 N–H and O–H groups in total. The lowest BCUT2D eigenvalue weighted by molar-refractivity contribution is -0.288. The number of carboxylic acid groups (broad SMARTS) is 1. The van der Waals surface area contributed by atoms with E-state index in [-0.39, 0.29) is 18.1 Å². The largest absolute Gasteiger partial charge is 0.486 e. The predicted octanol–water partition coefficient (Wildman–Crippen LogP) is 6.12. The number of allylic oxidation sites excluding steroid dienone is 8. The Balaban J connectivity index is 1.83. The van der Waals surface area contributed by atoms with Crippen LogP contribution < -0.4 is 9.47 Å². The Hall–Kier alpha value is -5.17. The monoisotopic (exact) mass is 738 g/mol. The van der Waals surface area contributed by atoms with Crippen LogP contribution in [0.3, 0.4) is 0 Å². The molecule has 13 heteroatoms. The lowest BCUT2D eigenvalue weighted by atomic mass is 9.71.